The number of carbonyl (C=O) groups is 5. The van der Waals surface area contributed by atoms with Gasteiger partial charge in [-0.2, -0.15) is 0 Å². The highest BCUT2D eigenvalue weighted by Crippen LogP contribution is 2.25. The minimum absolute atomic E-state index is 0.00675. The fourth-order valence-corrected chi connectivity index (χ4v) is 4.34. The minimum Gasteiger partial charge on any atom is -0.465 e. The first-order chi connectivity index (χ1) is 23.7. The first kappa shape index (κ1) is 43.3. The molecule has 276 valence electrons. The first-order valence-electron chi connectivity index (χ1n) is 15.0. The zero-order valence-corrected chi connectivity index (χ0v) is 28.5. The van der Waals surface area contributed by atoms with E-state index in [1.807, 2.05) is 0 Å². The third-order valence-corrected chi connectivity index (χ3v) is 7.72. The molecule has 16 nitrogen and oxygen atoms in total. The number of benzene rings is 1. The molecule has 0 aliphatic rings. The Balaban J connectivity index is 3.02. The lowest BCUT2D eigenvalue weighted by Gasteiger charge is -2.34. The lowest BCUT2D eigenvalue weighted by Crippen LogP contribution is -2.46. The van der Waals surface area contributed by atoms with Crippen LogP contribution in [0.4, 0.5) is 0 Å². The molecule has 0 aromatic heterocycles. The standard InChI is InChI=1S/C33H44N2O14S/c1-5-27(37)45-20-32(17-36,21-46-28(38)6-2)18-44-19-33(22-47-29(39)7-3,23-48-30(40)8-4)24-49-31(41)14-16-35-15-13-25-9-11-26(12-10-25)50(34,42)43/h5-12,35-36H,1-4,13-24H2,(H2,34,42,43). The van der Waals surface area contributed by atoms with Crippen molar-refractivity contribution in [1.82, 2.24) is 5.32 Å². The number of hydrogen-bond acceptors (Lipinski definition) is 15. The van der Waals surface area contributed by atoms with E-state index in [2.05, 4.69) is 31.6 Å². The summed E-state index contributed by atoms with van der Waals surface area (Å²) in [6, 6.07) is 6.05. The lowest BCUT2D eigenvalue weighted by molar-refractivity contribution is -0.168. The quantitative estimate of drug-likeness (QED) is 0.0505. The molecule has 4 N–H and O–H groups in total. The van der Waals surface area contributed by atoms with Gasteiger partial charge in [-0.05, 0) is 30.7 Å². The Hall–Kier alpha value is -4.68. The Morgan fingerprint density at radius 3 is 1.52 bits per heavy atom. The number of carbonyl (C=O) groups excluding carboxylic acids is 5. The number of ether oxygens (including phenoxy) is 6. The highest BCUT2D eigenvalue weighted by Gasteiger charge is 2.39. The van der Waals surface area contributed by atoms with Crippen molar-refractivity contribution in [3.63, 3.8) is 0 Å². The fourth-order valence-electron chi connectivity index (χ4n) is 3.83. The van der Waals surface area contributed by atoms with E-state index in [1.54, 1.807) is 12.1 Å². The predicted octanol–water partition coefficient (Wildman–Crippen LogP) is 0.298. The number of primary sulfonamides is 1. The van der Waals surface area contributed by atoms with E-state index >= 15 is 0 Å². The zero-order chi connectivity index (χ0) is 37.6. The molecule has 0 atom stereocenters. The number of nitrogens with two attached hydrogens (primary N) is 1. The molecule has 0 heterocycles. The van der Waals surface area contributed by atoms with Crippen molar-refractivity contribution < 1.29 is 65.9 Å². The molecule has 1 aromatic rings. The van der Waals surface area contributed by atoms with E-state index in [1.165, 1.54) is 12.1 Å². The summed E-state index contributed by atoms with van der Waals surface area (Å²) in [5.74, 6) is -3.98. The van der Waals surface area contributed by atoms with E-state index < -0.39 is 104 Å². The number of esters is 5. The van der Waals surface area contributed by atoms with Crippen LogP contribution in [0.15, 0.2) is 79.8 Å². The maximum atomic E-state index is 12.7. The summed E-state index contributed by atoms with van der Waals surface area (Å²) in [6.07, 6.45) is 4.02. The number of nitrogens with one attached hydrogen (secondary N) is 1. The average Bonchev–Trinajstić information content (AvgIpc) is 3.11. The summed E-state index contributed by atoms with van der Waals surface area (Å²) in [5.41, 5.74) is -2.14. The second-order valence-corrected chi connectivity index (χ2v) is 12.6. The van der Waals surface area contributed by atoms with Gasteiger partial charge in [-0.15, -0.1) is 0 Å². The molecule has 0 radical (unpaired) electrons. The monoisotopic (exact) mass is 724 g/mol. The van der Waals surface area contributed by atoms with Crippen LogP contribution >= 0.6 is 0 Å². The topological polar surface area (TPSA) is 233 Å². The van der Waals surface area contributed by atoms with Crippen molar-refractivity contribution in [2.24, 2.45) is 16.0 Å². The summed E-state index contributed by atoms with van der Waals surface area (Å²) in [4.78, 5) is 60.2. The highest BCUT2D eigenvalue weighted by atomic mass is 32.2. The molecule has 50 heavy (non-hydrogen) atoms. The largest absolute Gasteiger partial charge is 0.465 e. The Morgan fingerprint density at radius 2 is 1.10 bits per heavy atom. The van der Waals surface area contributed by atoms with E-state index in [4.69, 9.17) is 33.6 Å². The Kier molecular flexibility index (Phi) is 19.2. The number of rotatable bonds is 26. The normalized spacial score (nSPS) is 11.4. The molecule has 0 spiro atoms. The maximum absolute atomic E-state index is 12.7. The van der Waals surface area contributed by atoms with E-state index in [0.29, 0.717) is 13.0 Å². The molecule has 1 rings (SSSR count). The number of aliphatic hydroxyl groups excluding tert-OH is 1. The van der Waals surface area contributed by atoms with Crippen molar-refractivity contribution in [1.29, 1.82) is 0 Å². The van der Waals surface area contributed by atoms with Gasteiger partial charge < -0.3 is 38.8 Å². The average molecular weight is 725 g/mol. The molecule has 0 saturated carbocycles. The third kappa shape index (κ3) is 16.6. The summed E-state index contributed by atoms with van der Waals surface area (Å²) < 4.78 is 54.8. The van der Waals surface area contributed by atoms with Crippen molar-refractivity contribution in [2.45, 2.75) is 17.7 Å². The van der Waals surface area contributed by atoms with Crippen LogP contribution in [0.25, 0.3) is 0 Å². The molecule has 17 heteroatoms. The van der Waals surface area contributed by atoms with E-state index in [0.717, 1.165) is 29.9 Å². The summed E-state index contributed by atoms with van der Waals surface area (Å²) in [6.45, 7) is 10.1. The lowest BCUT2D eigenvalue weighted by atomic mass is 9.90. The van der Waals surface area contributed by atoms with Crippen LogP contribution in [0.2, 0.25) is 0 Å². The maximum Gasteiger partial charge on any atom is 0.330 e. The summed E-state index contributed by atoms with van der Waals surface area (Å²) in [7, 11) is -3.80. The van der Waals surface area contributed by atoms with Gasteiger partial charge >= 0.3 is 29.8 Å². The second kappa shape index (κ2) is 22.1. The Morgan fingerprint density at radius 1 is 0.680 bits per heavy atom. The Labute approximate surface area is 290 Å². The van der Waals surface area contributed by atoms with E-state index in [-0.39, 0.29) is 17.9 Å². The van der Waals surface area contributed by atoms with Crippen LogP contribution in [-0.4, -0.2) is 109 Å². The van der Waals surface area contributed by atoms with Gasteiger partial charge in [-0.3, -0.25) is 4.79 Å². The van der Waals surface area contributed by atoms with Crippen molar-refractivity contribution >= 4 is 39.9 Å². The summed E-state index contributed by atoms with van der Waals surface area (Å²) in [5, 5.41) is 18.4. The minimum atomic E-state index is -3.80. The second-order valence-electron chi connectivity index (χ2n) is 11.0. The van der Waals surface area contributed by atoms with Gasteiger partial charge in [0.05, 0.1) is 42.0 Å². The van der Waals surface area contributed by atoms with Crippen LogP contribution in [0, 0.1) is 10.8 Å². The van der Waals surface area contributed by atoms with Crippen molar-refractivity contribution in [3.8, 4) is 0 Å². The predicted molar refractivity (Wildman–Crippen MR) is 177 cm³/mol. The van der Waals surface area contributed by atoms with Gasteiger partial charge in [-0.25, -0.2) is 32.7 Å². The van der Waals surface area contributed by atoms with Crippen LogP contribution in [0.1, 0.15) is 12.0 Å². The van der Waals surface area contributed by atoms with Crippen LogP contribution in [0.3, 0.4) is 0 Å². The van der Waals surface area contributed by atoms with Gasteiger partial charge in [0.1, 0.15) is 33.0 Å². The van der Waals surface area contributed by atoms with Gasteiger partial charge in [-0.1, -0.05) is 38.4 Å². The number of hydrogen-bond donors (Lipinski definition) is 3. The molecule has 0 unspecified atom stereocenters. The molecule has 1 aromatic carbocycles. The first-order valence-corrected chi connectivity index (χ1v) is 16.5. The molecule has 0 bridgehead atoms. The third-order valence-electron chi connectivity index (χ3n) is 6.79. The zero-order valence-electron chi connectivity index (χ0n) is 27.7. The molecule has 0 fully saturated rings. The molecule has 0 aliphatic heterocycles. The van der Waals surface area contributed by atoms with Crippen LogP contribution < -0.4 is 10.5 Å². The van der Waals surface area contributed by atoms with Gasteiger partial charge in [0.25, 0.3) is 0 Å². The summed E-state index contributed by atoms with van der Waals surface area (Å²) >= 11 is 0. The van der Waals surface area contributed by atoms with Gasteiger partial charge in [0, 0.05) is 30.8 Å². The SMILES string of the molecule is C=CC(=O)OCC(CO)(COCC(COC(=O)C=C)(COC(=O)C=C)COC(=O)CCNCCc1ccc(S(N)(=O)=O)cc1)COC(=O)C=C. The van der Waals surface area contributed by atoms with E-state index in [9.17, 15) is 37.5 Å². The highest BCUT2D eigenvalue weighted by molar-refractivity contribution is 7.89. The van der Waals surface area contributed by atoms with Crippen LogP contribution in [0.5, 0.6) is 0 Å². The molecule has 0 saturated heterocycles. The molecule has 0 aliphatic carbocycles. The smallest absolute Gasteiger partial charge is 0.330 e. The molecular weight excluding hydrogens is 680 g/mol. The fraction of sp³-hybridized carbons (Fsp3) is 0.424. The van der Waals surface area contributed by atoms with Gasteiger partial charge in [0.15, 0.2) is 0 Å². The molecule has 0 amide bonds. The van der Waals surface area contributed by atoms with Crippen molar-refractivity contribution in [2.75, 3.05) is 65.9 Å². The van der Waals surface area contributed by atoms with Crippen LogP contribution in [-0.2, 0) is 68.8 Å². The van der Waals surface area contributed by atoms with Crippen molar-refractivity contribution in [3.05, 3.63) is 80.4 Å². The number of aliphatic hydroxyl groups is 1. The molecular formula is C33H44N2O14S. The Bertz CT molecular complexity index is 1410. The van der Waals surface area contributed by atoms with Gasteiger partial charge in [0.2, 0.25) is 10.0 Å². The number of sulfonamides is 1.